The lowest BCUT2D eigenvalue weighted by Gasteiger charge is -2.23. The van der Waals surface area contributed by atoms with Crippen LogP contribution in [0, 0.1) is 11.8 Å². The number of carbonyl (C=O) groups excluding carboxylic acids is 1. The maximum atomic E-state index is 11.9. The van der Waals surface area contributed by atoms with Gasteiger partial charge in [0.05, 0.1) is 5.92 Å². The minimum absolute atomic E-state index is 0.00820. The highest BCUT2D eigenvalue weighted by atomic mass is 16.1. The van der Waals surface area contributed by atoms with Gasteiger partial charge in [-0.3, -0.25) is 4.79 Å². The summed E-state index contributed by atoms with van der Waals surface area (Å²) in [6, 6.07) is 0.320. The van der Waals surface area contributed by atoms with Gasteiger partial charge in [-0.1, -0.05) is 26.2 Å². The fourth-order valence-electron chi connectivity index (χ4n) is 2.62. The van der Waals surface area contributed by atoms with Gasteiger partial charge in [-0.2, -0.15) is 0 Å². The molecule has 1 fully saturated rings. The summed E-state index contributed by atoms with van der Waals surface area (Å²) in [6.45, 7) is 4.70. The van der Waals surface area contributed by atoms with Gasteiger partial charge in [0.15, 0.2) is 0 Å². The summed E-state index contributed by atoms with van der Waals surface area (Å²) in [6.07, 6.45) is 7.10. The highest BCUT2D eigenvalue weighted by Crippen LogP contribution is 2.27. The number of carbonyl (C=O) groups is 1. The largest absolute Gasteiger partial charge is 0.353 e. The topological polar surface area (TPSA) is 55.1 Å². The van der Waals surface area contributed by atoms with Crippen molar-refractivity contribution in [2.24, 2.45) is 17.6 Å². The van der Waals surface area contributed by atoms with Crippen molar-refractivity contribution in [2.75, 3.05) is 6.54 Å². The van der Waals surface area contributed by atoms with Crippen molar-refractivity contribution in [3.63, 3.8) is 0 Å². The monoisotopic (exact) mass is 226 g/mol. The van der Waals surface area contributed by atoms with Crippen molar-refractivity contribution in [3.05, 3.63) is 0 Å². The molecule has 3 heteroatoms. The Morgan fingerprint density at radius 3 is 2.56 bits per heavy atom. The highest BCUT2D eigenvalue weighted by Gasteiger charge is 2.24. The molecule has 0 radical (unpaired) electrons. The van der Waals surface area contributed by atoms with Crippen molar-refractivity contribution in [3.8, 4) is 0 Å². The molecule has 0 spiro atoms. The van der Waals surface area contributed by atoms with Crippen molar-refractivity contribution in [1.29, 1.82) is 0 Å². The quantitative estimate of drug-likeness (QED) is 0.728. The fraction of sp³-hybridized carbons (Fsp3) is 0.923. The molecule has 3 N–H and O–H groups in total. The SMILES string of the molecule is CCCC(CN)C(=O)N[C@@H](C)C1CCCC1. The molecule has 16 heavy (non-hydrogen) atoms. The molecular formula is C13H26N2O. The van der Waals surface area contributed by atoms with Crippen molar-refractivity contribution >= 4 is 5.91 Å². The highest BCUT2D eigenvalue weighted by molar-refractivity contribution is 5.79. The predicted molar refractivity (Wildman–Crippen MR) is 67.0 cm³/mol. The van der Waals surface area contributed by atoms with E-state index in [4.69, 9.17) is 5.73 Å². The zero-order valence-corrected chi connectivity index (χ0v) is 10.7. The number of nitrogens with one attached hydrogen (secondary N) is 1. The van der Waals surface area contributed by atoms with Crippen LogP contribution in [0.2, 0.25) is 0 Å². The normalized spacial score (nSPS) is 20.7. The van der Waals surface area contributed by atoms with Crippen molar-refractivity contribution in [1.82, 2.24) is 5.32 Å². The Labute approximate surface area is 99.2 Å². The summed E-state index contributed by atoms with van der Waals surface area (Å²) in [5.41, 5.74) is 5.63. The average molecular weight is 226 g/mol. The lowest BCUT2D eigenvalue weighted by Crippen LogP contribution is -2.42. The van der Waals surface area contributed by atoms with Crippen LogP contribution in [-0.2, 0) is 4.79 Å². The first-order valence-corrected chi connectivity index (χ1v) is 6.69. The molecule has 0 aromatic heterocycles. The molecule has 1 amide bonds. The van der Waals surface area contributed by atoms with Gasteiger partial charge in [-0.15, -0.1) is 0 Å². The molecule has 1 saturated carbocycles. The first kappa shape index (κ1) is 13.5. The van der Waals surface area contributed by atoms with Crippen LogP contribution in [0.3, 0.4) is 0 Å². The van der Waals surface area contributed by atoms with Crippen molar-refractivity contribution < 1.29 is 4.79 Å². The van der Waals surface area contributed by atoms with Gasteiger partial charge in [0.25, 0.3) is 0 Å². The Kier molecular flexibility index (Phi) is 5.81. The third-order valence-corrected chi connectivity index (χ3v) is 3.77. The van der Waals surface area contributed by atoms with Gasteiger partial charge in [0, 0.05) is 12.6 Å². The molecule has 1 rings (SSSR count). The first-order valence-electron chi connectivity index (χ1n) is 6.69. The molecule has 94 valence electrons. The van der Waals surface area contributed by atoms with E-state index in [2.05, 4.69) is 19.2 Å². The van der Waals surface area contributed by atoms with Crippen LogP contribution >= 0.6 is 0 Å². The molecule has 0 heterocycles. The molecule has 1 aliphatic rings. The second kappa shape index (κ2) is 6.89. The summed E-state index contributed by atoms with van der Waals surface area (Å²) in [7, 11) is 0. The third-order valence-electron chi connectivity index (χ3n) is 3.77. The van der Waals surface area contributed by atoms with Gasteiger partial charge in [0.2, 0.25) is 5.91 Å². The number of rotatable bonds is 6. The van der Waals surface area contributed by atoms with E-state index in [0.29, 0.717) is 18.5 Å². The Morgan fingerprint density at radius 2 is 2.06 bits per heavy atom. The zero-order chi connectivity index (χ0) is 12.0. The van der Waals surface area contributed by atoms with Crippen LogP contribution in [0.25, 0.3) is 0 Å². The minimum Gasteiger partial charge on any atom is -0.353 e. The van der Waals surface area contributed by atoms with Crippen LogP contribution in [0.15, 0.2) is 0 Å². The van der Waals surface area contributed by atoms with E-state index in [9.17, 15) is 4.79 Å². The maximum Gasteiger partial charge on any atom is 0.224 e. The van der Waals surface area contributed by atoms with E-state index in [0.717, 1.165) is 12.8 Å². The van der Waals surface area contributed by atoms with Crippen LogP contribution in [0.4, 0.5) is 0 Å². The van der Waals surface area contributed by atoms with Gasteiger partial charge in [-0.05, 0) is 32.1 Å². The number of amides is 1. The summed E-state index contributed by atoms with van der Waals surface area (Å²) in [5.74, 6) is 0.849. The summed E-state index contributed by atoms with van der Waals surface area (Å²) in [4.78, 5) is 11.9. The molecule has 3 nitrogen and oxygen atoms in total. The van der Waals surface area contributed by atoms with Gasteiger partial charge in [0.1, 0.15) is 0 Å². The predicted octanol–water partition coefficient (Wildman–Crippen LogP) is 2.06. The zero-order valence-electron chi connectivity index (χ0n) is 10.7. The van der Waals surface area contributed by atoms with E-state index >= 15 is 0 Å². The van der Waals surface area contributed by atoms with Gasteiger partial charge < -0.3 is 11.1 Å². The molecule has 2 atom stereocenters. The Bertz CT molecular complexity index is 212. The molecule has 1 unspecified atom stereocenters. The molecule has 0 saturated heterocycles. The molecule has 0 bridgehead atoms. The average Bonchev–Trinajstić information content (AvgIpc) is 2.78. The number of hydrogen-bond donors (Lipinski definition) is 2. The Hall–Kier alpha value is -0.570. The van der Waals surface area contributed by atoms with E-state index in [1.807, 2.05) is 0 Å². The lowest BCUT2D eigenvalue weighted by atomic mass is 9.97. The number of hydrogen-bond acceptors (Lipinski definition) is 2. The van der Waals surface area contributed by atoms with E-state index in [1.165, 1.54) is 25.7 Å². The first-order chi connectivity index (χ1) is 7.69. The minimum atomic E-state index is 0.00820. The Morgan fingerprint density at radius 1 is 1.44 bits per heavy atom. The molecule has 0 aromatic carbocycles. The van der Waals surface area contributed by atoms with Crippen LogP contribution in [0.1, 0.15) is 52.4 Å². The van der Waals surface area contributed by atoms with Crippen LogP contribution in [0.5, 0.6) is 0 Å². The molecular weight excluding hydrogens is 200 g/mol. The summed E-state index contributed by atoms with van der Waals surface area (Å²) < 4.78 is 0. The standard InChI is InChI=1S/C13H26N2O/c1-3-6-12(9-14)13(16)15-10(2)11-7-4-5-8-11/h10-12H,3-9,14H2,1-2H3,(H,15,16)/t10-,12?/m0/s1. The molecule has 0 aromatic rings. The third kappa shape index (κ3) is 3.78. The smallest absolute Gasteiger partial charge is 0.224 e. The number of nitrogens with two attached hydrogens (primary N) is 1. The molecule has 0 aliphatic heterocycles. The van der Waals surface area contributed by atoms with E-state index in [1.54, 1.807) is 0 Å². The fourth-order valence-corrected chi connectivity index (χ4v) is 2.62. The summed E-state index contributed by atoms with van der Waals surface area (Å²) >= 11 is 0. The van der Waals surface area contributed by atoms with Crippen molar-refractivity contribution in [2.45, 2.75) is 58.4 Å². The lowest BCUT2D eigenvalue weighted by molar-refractivity contribution is -0.125. The maximum absolute atomic E-state index is 11.9. The van der Waals surface area contributed by atoms with Gasteiger partial charge in [-0.25, -0.2) is 0 Å². The van der Waals surface area contributed by atoms with E-state index < -0.39 is 0 Å². The van der Waals surface area contributed by atoms with Crippen LogP contribution in [-0.4, -0.2) is 18.5 Å². The summed E-state index contributed by atoms with van der Waals surface area (Å²) in [5, 5.41) is 3.14. The second-order valence-electron chi connectivity index (χ2n) is 5.06. The molecule has 1 aliphatic carbocycles. The Balaban J connectivity index is 2.36. The van der Waals surface area contributed by atoms with E-state index in [-0.39, 0.29) is 11.8 Å². The second-order valence-corrected chi connectivity index (χ2v) is 5.06. The van der Waals surface area contributed by atoms with Crippen LogP contribution < -0.4 is 11.1 Å². The van der Waals surface area contributed by atoms with Gasteiger partial charge >= 0.3 is 0 Å².